The minimum atomic E-state index is -5.20. The molecule has 1 aliphatic heterocycles. The molecule has 188 valence electrons. The van der Waals surface area contributed by atoms with Crippen molar-refractivity contribution in [2.24, 2.45) is 0 Å². The van der Waals surface area contributed by atoms with Crippen LogP contribution in [0.15, 0.2) is 18.5 Å². The van der Waals surface area contributed by atoms with Crippen molar-refractivity contribution in [1.29, 1.82) is 0 Å². The van der Waals surface area contributed by atoms with Crippen LogP contribution in [0.25, 0.3) is 10.9 Å². The first-order chi connectivity index (χ1) is 16.5. The SMILES string of the molecule is COc1cc2ncnc(Cl)c2cc1O[C@H]1CC[C@]2(CC1)C(=O)N(C(=O)O)CCN2C(=O)C(F)(F)F. The van der Waals surface area contributed by atoms with Crippen molar-refractivity contribution in [3.63, 3.8) is 0 Å². The normalized spacial score (nSPS) is 23.0. The van der Waals surface area contributed by atoms with E-state index in [-0.39, 0.29) is 30.8 Å². The Morgan fingerprint density at radius 1 is 1.17 bits per heavy atom. The van der Waals surface area contributed by atoms with Crippen LogP contribution in [-0.2, 0) is 9.59 Å². The summed E-state index contributed by atoms with van der Waals surface area (Å²) in [6, 6.07) is 3.18. The summed E-state index contributed by atoms with van der Waals surface area (Å²) in [6.45, 7) is -1.08. The molecule has 14 heteroatoms. The summed E-state index contributed by atoms with van der Waals surface area (Å²) in [5.74, 6) is -2.57. The van der Waals surface area contributed by atoms with Crippen molar-refractivity contribution in [2.45, 2.75) is 43.5 Å². The Balaban J connectivity index is 1.59. The number of aromatic nitrogens is 2. The number of carbonyl (C=O) groups excluding carboxylic acids is 2. The first kappa shape index (κ1) is 24.8. The van der Waals surface area contributed by atoms with Gasteiger partial charge in [0.15, 0.2) is 11.5 Å². The molecule has 2 fully saturated rings. The number of piperazine rings is 1. The molecular formula is C21H20ClF3N4O6. The van der Waals surface area contributed by atoms with Crippen molar-refractivity contribution in [1.82, 2.24) is 19.8 Å². The van der Waals surface area contributed by atoms with E-state index in [0.717, 1.165) is 0 Å². The molecule has 2 aromatic rings. The number of hydrogen-bond donors (Lipinski definition) is 1. The number of carbonyl (C=O) groups is 3. The number of benzene rings is 1. The third kappa shape index (κ3) is 4.40. The lowest BCUT2D eigenvalue weighted by atomic mass is 9.76. The fraction of sp³-hybridized carbons (Fsp3) is 0.476. The highest BCUT2D eigenvalue weighted by Gasteiger charge is 2.58. The highest BCUT2D eigenvalue weighted by molar-refractivity contribution is 6.34. The number of ether oxygens (including phenoxy) is 2. The zero-order chi connectivity index (χ0) is 25.5. The van der Waals surface area contributed by atoms with Gasteiger partial charge in [-0.05, 0) is 31.7 Å². The molecule has 0 unspecified atom stereocenters. The molecule has 0 radical (unpaired) electrons. The molecular weight excluding hydrogens is 497 g/mol. The molecule has 1 aromatic carbocycles. The van der Waals surface area contributed by atoms with Crippen LogP contribution in [0.2, 0.25) is 5.15 Å². The number of amides is 3. The van der Waals surface area contributed by atoms with Gasteiger partial charge in [-0.15, -0.1) is 0 Å². The topological polar surface area (TPSA) is 122 Å². The average molecular weight is 517 g/mol. The van der Waals surface area contributed by atoms with E-state index >= 15 is 0 Å². The van der Waals surface area contributed by atoms with Crippen LogP contribution in [0.5, 0.6) is 11.5 Å². The number of fused-ring (bicyclic) bond motifs is 1. The molecule has 0 atom stereocenters. The maximum atomic E-state index is 13.3. The van der Waals surface area contributed by atoms with Crippen LogP contribution in [0.3, 0.4) is 0 Å². The third-order valence-electron chi connectivity index (χ3n) is 6.35. The van der Waals surface area contributed by atoms with Crippen molar-refractivity contribution in [3.05, 3.63) is 23.6 Å². The Labute approximate surface area is 201 Å². The van der Waals surface area contributed by atoms with Gasteiger partial charge in [0.1, 0.15) is 17.0 Å². The Kier molecular flexibility index (Phi) is 6.38. The summed E-state index contributed by atoms with van der Waals surface area (Å²) in [6.07, 6.45) is -6.28. The number of carboxylic acid groups (broad SMARTS) is 1. The van der Waals surface area contributed by atoms with Crippen LogP contribution in [0.1, 0.15) is 25.7 Å². The van der Waals surface area contributed by atoms with Gasteiger partial charge in [-0.2, -0.15) is 13.2 Å². The minimum Gasteiger partial charge on any atom is -0.493 e. The Hall–Kier alpha value is -3.35. The maximum absolute atomic E-state index is 13.3. The van der Waals surface area contributed by atoms with Gasteiger partial charge in [-0.1, -0.05) is 11.6 Å². The predicted octanol–water partition coefficient (Wildman–Crippen LogP) is 3.26. The second kappa shape index (κ2) is 9.02. The first-order valence-corrected chi connectivity index (χ1v) is 10.9. The summed E-state index contributed by atoms with van der Waals surface area (Å²) >= 11 is 6.14. The highest BCUT2D eigenvalue weighted by atomic mass is 35.5. The summed E-state index contributed by atoms with van der Waals surface area (Å²) < 4.78 is 51.2. The van der Waals surface area contributed by atoms with Crippen LogP contribution in [-0.4, -0.2) is 80.8 Å². The maximum Gasteiger partial charge on any atom is 0.471 e. The minimum absolute atomic E-state index is 0.0844. The quantitative estimate of drug-likeness (QED) is 0.617. The van der Waals surface area contributed by atoms with Crippen LogP contribution in [0.4, 0.5) is 18.0 Å². The lowest BCUT2D eigenvalue weighted by Gasteiger charge is -2.51. The summed E-state index contributed by atoms with van der Waals surface area (Å²) in [7, 11) is 1.43. The molecule has 1 saturated carbocycles. The van der Waals surface area contributed by atoms with Gasteiger partial charge in [-0.25, -0.2) is 19.7 Å². The average Bonchev–Trinajstić information content (AvgIpc) is 2.81. The monoisotopic (exact) mass is 516 g/mol. The lowest BCUT2D eigenvalue weighted by molar-refractivity contribution is -0.199. The van der Waals surface area contributed by atoms with E-state index in [4.69, 9.17) is 21.1 Å². The van der Waals surface area contributed by atoms with E-state index in [1.165, 1.54) is 13.4 Å². The largest absolute Gasteiger partial charge is 0.493 e. The zero-order valence-corrected chi connectivity index (χ0v) is 19.1. The Morgan fingerprint density at radius 2 is 1.86 bits per heavy atom. The molecule has 4 rings (SSSR count). The zero-order valence-electron chi connectivity index (χ0n) is 18.3. The lowest BCUT2D eigenvalue weighted by Crippen LogP contribution is -2.70. The molecule has 10 nitrogen and oxygen atoms in total. The van der Waals surface area contributed by atoms with E-state index in [0.29, 0.717) is 32.2 Å². The van der Waals surface area contributed by atoms with Crippen molar-refractivity contribution >= 4 is 40.4 Å². The molecule has 2 aliphatic rings. The van der Waals surface area contributed by atoms with Gasteiger partial charge in [0.25, 0.3) is 5.91 Å². The van der Waals surface area contributed by atoms with Gasteiger partial charge in [0, 0.05) is 24.5 Å². The summed E-state index contributed by atoms with van der Waals surface area (Å²) in [5, 5.41) is 10.0. The predicted molar refractivity (Wildman–Crippen MR) is 114 cm³/mol. The Bertz CT molecular complexity index is 1190. The molecule has 1 aromatic heterocycles. The number of alkyl halides is 3. The van der Waals surface area contributed by atoms with Gasteiger partial charge in [0.05, 0.1) is 18.7 Å². The number of halogens is 4. The summed E-state index contributed by atoms with van der Waals surface area (Å²) in [5.41, 5.74) is -1.41. The molecule has 2 heterocycles. The second-order valence-corrected chi connectivity index (χ2v) is 8.59. The van der Waals surface area contributed by atoms with E-state index in [2.05, 4.69) is 9.97 Å². The fourth-order valence-electron chi connectivity index (χ4n) is 4.65. The Morgan fingerprint density at radius 3 is 2.46 bits per heavy atom. The third-order valence-corrected chi connectivity index (χ3v) is 6.65. The molecule has 3 amide bonds. The molecule has 35 heavy (non-hydrogen) atoms. The molecule has 0 bridgehead atoms. The molecule has 1 spiro atoms. The van der Waals surface area contributed by atoms with Gasteiger partial charge < -0.3 is 19.5 Å². The van der Waals surface area contributed by atoms with E-state index in [1.54, 1.807) is 12.1 Å². The smallest absolute Gasteiger partial charge is 0.471 e. The van der Waals surface area contributed by atoms with Crippen molar-refractivity contribution in [2.75, 3.05) is 20.2 Å². The van der Waals surface area contributed by atoms with Crippen molar-refractivity contribution < 1.29 is 42.1 Å². The second-order valence-electron chi connectivity index (χ2n) is 8.23. The highest BCUT2D eigenvalue weighted by Crippen LogP contribution is 2.42. The van der Waals surface area contributed by atoms with Gasteiger partial charge >= 0.3 is 18.2 Å². The number of nitrogens with zero attached hydrogens (tertiary/aromatic N) is 4. The number of hydrogen-bond acceptors (Lipinski definition) is 7. The van der Waals surface area contributed by atoms with Crippen molar-refractivity contribution in [3.8, 4) is 11.5 Å². The van der Waals surface area contributed by atoms with Gasteiger partial charge in [-0.3, -0.25) is 9.59 Å². The van der Waals surface area contributed by atoms with Crippen LogP contribution < -0.4 is 9.47 Å². The standard InChI is InChI=1S/C21H20ClF3N4O6/c1-34-14-9-13-12(16(22)27-10-26-13)8-15(14)35-11-2-4-20(5-3-11)17(30)28(19(32)33)6-7-29(20)18(31)21(23,24)25/h8-11H,2-7H2,1H3,(H,32,33)/t11-,20-. The van der Waals surface area contributed by atoms with Gasteiger partial charge in [0.2, 0.25) is 0 Å². The molecule has 1 aliphatic carbocycles. The first-order valence-electron chi connectivity index (χ1n) is 10.6. The molecule has 1 saturated heterocycles. The summed E-state index contributed by atoms with van der Waals surface area (Å²) in [4.78, 5) is 45.6. The van der Waals surface area contributed by atoms with E-state index < -0.39 is 48.8 Å². The van der Waals surface area contributed by atoms with Crippen LogP contribution in [0, 0.1) is 0 Å². The number of methoxy groups -OCH3 is 1. The molecule has 1 N–H and O–H groups in total. The number of imide groups is 1. The van der Waals surface area contributed by atoms with E-state index in [9.17, 15) is 32.7 Å². The van der Waals surface area contributed by atoms with Crippen LogP contribution >= 0.6 is 11.6 Å². The van der Waals surface area contributed by atoms with E-state index in [1.807, 2.05) is 0 Å². The fourth-order valence-corrected chi connectivity index (χ4v) is 4.84. The number of rotatable bonds is 3.